The number of aliphatic hydroxyl groups excluding tert-OH is 3. The highest BCUT2D eigenvalue weighted by atomic mass is 16.5. The van der Waals surface area contributed by atoms with E-state index in [9.17, 15) is 14.4 Å². The monoisotopic (exact) mass is 991 g/mol. The van der Waals surface area contributed by atoms with Crippen LogP contribution in [0.4, 0.5) is 0 Å². The van der Waals surface area contributed by atoms with Crippen molar-refractivity contribution in [1.82, 2.24) is 0 Å². The number of unbranched alkanes of at least 4 members (excludes halogenated alkanes) is 38. The molecule has 0 bridgehead atoms. The number of methoxy groups -OCH3 is 1. The van der Waals surface area contributed by atoms with Gasteiger partial charge in [-0.2, -0.15) is 0 Å². The second-order valence-electron chi connectivity index (χ2n) is 18.9. The first-order valence-corrected chi connectivity index (χ1v) is 29.0. The van der Waals surface area contributed by atoms with Gasteiger partial charge in [-0.25, -0.2) is 0 Å². The summed E-state index contributed by atoms with van der Waals surface area (Å²) in [4.78, 5) is 34.7. The van der Waals surface area contributed by atoms with Crippen molar-refractivity contribution in [1.29, 1.82) is 0 Å². The van der Waals surface area contributed by atoms with Crippen molar-refractivity contribution in [3.8, 4) is 0 Å². The van der Waals surface area contributed by atoms with Crippen molar-refractivity contribution in [3.63, 3.8) is 0 Å². The molecule has 0 rings (SSSR count). The average Bonchev–Trinajstić information content (AvgIpc) is 3.34. The first kappa shape index (κ1) is 78.7. The molecule has 3 N–H and O–H groups in total. The lowest BCUT2D eigenvalue weighted by Gasteiger charge is -2.07. The fraction of sp³-hybridized carbons (Fsp3) is 0.950. The standard InChI is InChI=1S/C36H70O4.C17H34O2.C4H10O2.CH4O.2CH4/c1-3-5-7-9-11-13-15-17-19-21-23-25-27-31-35(37)39-33-29-30-34-40-36(38)32-28-26-24-22-20-18-16-14-12-10-8-6-4-2;1-3-4-5-6-7-8-9-10-11-12-13-14-15-16-17(18)19-2;5-3-1-2-4-6;1-2;;/h3-34H2,1-2H3;3-16H2,1-2H3;5-6H,1-4H2;2H,1H3;2*1H4. The molecule has 0 aromatic rings. The van der Waals surface area contributed by atoms with Gasteiger partial charge in [-0.3, -0.25) is 14.4 Å². The van der Waals surface area contributed by atoms with Gasteiger partial charge in [0.05, 0.1) is 20.3 Å². The molecule has 0 saturated carbocycles. The molecule has 0 aliphatic carbocycles. The van der Waals surface area contributed by atoms with E-state index in [2.05, 4.69) is 25.5 Å². The third-order valence-corrected chi connectivity index (χ3v) is 12.3. The molecular weight excluding hydrogens is 865 g/mol. The predicted octanol–water partition coefficient (Wildman–Crippen LogP) is 18.1. The number of hydrogen-bond acceptors (Lipinski definition) is 9. The first-order valence-electron chi connectivity index (χ1n) is 29.0. The Balaban J connectivity index is -0.000000283. The van der Waals surface area contributed by atoms with Gasteiger partial charge in [-0.1, -0.05) is 267 Å². The van der Waals surface area contributed by atoms with Gasteiger partial charge in [-0.15, -0.1) is 0 Å². The van der Waals surface area contributed by atoms with Crippen LogP contribution in [0.5, 0.6) is 0 Å². The molecule has 420 valence electrons. The van der Waals surface area contributed by atoms with Gasteiger partial charge in [0.25, 0.3) is 0 Å². The molecule has 0 amide bonds. The highest BCUT2D eigenvalue weighted by molar-refractivity contribution is 5.69. The minimum atomic E-state index is -0.0810. The maximum atomic E-state index is 11.9. The summed E-state index contributed by atoms with van der Waals surface area (Å²) in [6, 6.07) is 0. The van der Waals surface area contributed by atoms with Gasteiger partial charge in [0.2, 0.25) is 0 Å². The maximum Gasteiger partial charge on any atom is 0.305 e. The largest absolute Gasteiger partial charge is 0.469 e. The maximum absolute atomic E-state index is 11.9. The van der Waals surface area contributed by atoms with Crippen LogP contribution in [0.15, 0.2) is 0 Å². The van der Waals surface area contributed by atoms with E-state index in [1.54, 1.807) is 0 Å². The van der Waals surface area contributed by atoms with Crippen molar-refractivity contribution < 1.29 is 43.9 Å². The lowest BCUT2D eigenvalue weighted by molar-refractivity contribution is -0.146. The number of rotatable bonds is 50. The number of esters is 3. The SMILES string of the molecule is C.C.CCCCCCCCCCCCCCCC(=O)OC.CCCCCCCCCCCCCCCC(=O)OCCCCOC(=O)CCCCCCCCCCCCCCC.CO.OCCCCO. The van der Waals surface area contributed by atoms with E-state index in [1.807, 2.05) is 0 Å². The molecule has 9 heteroatoms. The molecule has 0 heterocycles. The molecule has 0 radical (unpaired) electrons. The van der Waals surface area contributed by atoms with E-state index in [1.165, 1.54) is 225 Å². The Labute approximate surface area is 432 Å². The zero-order valence-electron chi connectivity index (χ0n) is 45.6. The highest BCUT2D eigenvalue weighted by Crippen LogP contribution is 2.16. The third kappa shape index (κ3) is 83.5. The Morgan fingerprint density at radius 2 is 0.478 bits per heavy atom. The lowest BCUT2D eigenvalue weighted by atomic mass is 10.0. The molecule has 69 heavy (non-hydrogen) atoms. The lowest BCUT2D eigenvalue weighted by Crippen LogP contribution is -2.08. The van der Waals surface area contributed by atoms with Crippen LogP contribution in [0.1, 0.15) is 331 Å². The Morgan fingerprint density at radius 3 is 0.667 bits per heavy atom. The molecule has 0 aromatic carbocycles. The van der Waals surface area contributed by atoms with Gasteiger partial charge in [0, 0.05) is 39.6 Å². The van der Waals surface area contributed by atoms with E-state index in [4.69, 9.17) is 24.8 Å². The Kier molecular flexibility index (Phi) is 88.7. The van der Waals surface area contributed by atoms with Crippen molar-refractivity contribution in [2.75, 3.05) is 40.6 Å². The zero-order chi connectivity index (χ0) is 50.2. The summed E-state index contributed by atoms with van der Waals surface area (Å²) >= 11 is 0. The van der Waals surface area contributed by atoms with Crippen molar-refractivity contribution in [2.45, 2.75) is 331 Å². The first-order chi connectivity index (χ1) is 32.9. The molecule has 0 spiro atoms. The van der Waals surface area contributed by atoms with Crippen molar-refractivity contribution >= 4 is 17.9 Å². The predicted molar refractivity (Wildman–Crippen MR) is 299 cm³/mol. The van der Waals surface area contributed by atoms with E-state index in [-0.39, 0.29) is 46.0 Å². The van der Waals surface area contributed by atoms with Gasteiger partial charge in [0.15, 0.2) is 0 Å². The zero-order valence-corrected chi connectivity index (χ0v) is 45.6. The Morgan fingerprint density at radius 1 is 0.290 bits per heavy atom. The fourth-order valence-corrected chi connectivity index (χ4v) is 7.91. The van der Waals surface area contributed by atoms with E-state index in [0.29, 0.717) is 32.5 Å². The van der Waals surface area contributed by atoms with Gasteiger partial charge in [-0.05, 0) is 44.9 Å². The molecule has 0 saturated heterocycles. The highest BCUT2D eigenvalue weighted by Gasteiger charge is 2.05. The van der Waals surface area contributed by atoms with Crippen LogP contribution < -0.4 is 0 Å². The molecule has 0 unspecified atom stereocenters. The number of hydrogen-bond donors (Lipinski definition) is 3. The summed E-state index contributed by atoms with van der Waals surface area (Å²) < 4.78 is 15.3. The minimum Gasteiger partial charge on any atom is -0.469 e. The number of carbonyl (C=O) groups is 3. The molecule has 0 aliphatic rings. The van der Waals surface area contributed by atoms with Crippen LogP contribution in [-0.4, -0.2) is 73.9 Å². The normalized spacial score (nSPS) is 10.3. The summed E-state index contributed by atoms with van der Waals surface area (Å²) in [6.07, 6.45) is 56.1. The molecule has 0 aliphatic heterocycles. The molecule has 0 atom stereocenters. The summed E-state index contributed by atoms with van der Waals surface area (Å²) in [6.45, 7) is 8.08. The van der Waals surface area contributed by atoms with Gasteiger partial charge >= 0.3 is 17.9 Å². The van der Waals surface area contributed by atoms with Crippen LogP contribution in [0.2, 0.25) is 0 Å². The fourth-order valence-electron chi connectivity index (χ4n) is 7.91. The third-order valence-electron chi connectivity index (χ3n) is 12.3. The molecule has 9 nitrogen and oxygen atoms in total. The molecule has 0 fully saturated rings. The summed E-state index contributed by atoms with van der Waals surface area (Å²) in [5, 5.41) is 23.2. The number of ether oxygens (including phenoxy) is 3. The van der Waals surface area contributed by atoms with Crippen LogP contribution in [0.25, 0.3) is 0 Å². The number of aliphatic hydroxyl groups is 3. The van der Waals surface area contributed by atoms with Gasteiger partial charge < -0.3 is 29.5 Å². The summed E-state index contributed by atoms with van der Waals surface area (Å²) in [5.74, 6) is -0.229. The summed E-state index contributed by atoms with van der Waals surface area (Å²) in [7, 11) is 2.46. The quantitative estimate of drug-likeness (QED) is 0.0309. The smallest absolute Gasteiger partial charge is 0.305 e. The second-order valence-corrected chi connectivity index (χ2v) is 18.9. The van der Waals surface area contributed by atoms with Crippen molar-refractivity contribution in [3.05, 3.63) is 0 Å². The van der Waals surface area contributed by atoms with Crippen LogP contribution in [-0.2, 0) is 28.6 Å². The molecule has 0 aromatic heterocycles. The van der Waals surface area contributed by atoms with E-state index in [0.717, 1.165) is 64.9 Å². The average molecular weight is 992 g/mol. The topological polar surface area (TPSA) is 140 Å². The van der Waals surface area contributed by atoms with Crippen LogP contribution in [0, 0.1) is 0 Å². The van der Waals surface area contributed by atoms with Gasteiger partial charge in [0.1, 0.15) is 0 Å². The Bertz CT molecular complexity index is 850. The van der Waals surface area contributed by atoms with Crippen LogP contribution >= 0.6 is 0 Å². The summed E-state index contributed by atoms with van der Waals surface area (Å²) in [5.41, 5.74) is 0. The van der Waals surface area contributed by atoms with Crippen molar-refractivity contribution in [2.24, 2.45) is 0 Å². The second kappa shape index (κ2) is 77.7. The van der Waals surface area contributed by atoms with Crippen LogP contribution in [0.3, 0.4) is 0 Å². The van der Waals surface area contributed by atoms with E-state index >= 15 is 0 Å². The number of carbonyl (C=O) groups excluding carboxylic acids is 3. The molecular formula is C60H126O9. The minimum absolute atomic E-state index is 0. The van der Waals surface area contributed by atoms with E-state index < -0.39 is 0 Å². The Hall–Kier alpha value is -1.71.